The van der Waals surface area contributed by atoms with Crippen LogP contribution in [0.25, 0.3) is 11.3 Å². The van der Waals surface area contributed by atoms with Crippen LogP contribution < -0.4 is 10.2 Å². The average molecular weight is 493 g/mol. The van der Waals surface area contributed by atoms with Gasteiger partial charge in [0.25, 0.3) is 0 Å². The quantitative estimate of drug-likeness (QED) is 0.419. The van der Waals surface area contributed by atoms with Crippen molar-refractivity contribution in [1.82, 2.24) is 25.0 Å². The standard InChI is InChI=1S/C19H24IN7O/c1-12-10-22-26(3)18(12)14-8-17(27-6-7-28-11-13(27)2)24-19(15(14)9-20)23-16-4-5-21-25-16/h4-5,8,10,13H,6-7,9,11H2,1-3H3,(H2,21,23,24,25)/t13-/m1/s1. The van der Waals surface area contributed by atoms with Crippen LogP contribution >= 0.6 is 22.6 Å². The first-order chi connectivity index (χ1) is 13.6. The Bertz CT molecular complexity index is 934. The summed E-state index contributed by atoms with van der Waals surface area (Å²) in [7, 11) is 1.98. The molecule has 3 aromatic heterocycles. The topological polar surface area (TPSA) is 83.9 Å². The number of pyridine rings is 1. The summed E-state index contributed by atoms with van der Waals surface area (Å²) in [5, 5.41) is 14.9. The molecule has 0 bridgehead atoms. The van der Waals surface area contributed by atoms with Crippen molar-refractivity contribution in [3.63, 3.8) is 0 Å². The third kappa shape index (κ3) is 3.60. The van der Waals surface area contributed by atoms with E-state index in [1.165, 1.54) is 0 Å². The van der Waals surface area contributed by atoms with Gasteiger partial charge in [0.05, 0.1) is 37.3 Å². The van der Waals surface area contributed by atoms with Gasteiger partial charge in [-0.3, -0.25) is 9.78 Å². The molecule has 0 radical (unpaired) electrons. The summed E-state index contributed by atoms with van der Waals surface area (Å²) in [6.07, 6.45) is 3.64. The minimum atomic E-state index is 0.271. The summed E-state index contributed by atoms with van der Waals surface area (Å²) in [6.45, 7) is 6.51. The Labute approximate surface area is 177 Å². The molecule has 1 saturated heterocycles. The van der Waals surface area contributed by atoms with Crippen LogP contribution in [-0.4, -0.2) is 50.8 Å². The lowest BCUT2D eigenvalue weighted by molar-refractivity contribution is 0.0985. The number of hydrogen-bond donors (Lipinski definition) is 2. The number of ether oxygens (including phenoxy) is 1. The third-order valence-electron chi connectivity index (χ3n) is 5.04. The predicted octanol–water partition coefficient (Wildman–Crippen LogP) is 3.42. The van der Waals surface area contributed by atoms with Gasteiger partial charge in [-0.15, -0.1) is 0 Å². The van der Waals surface area contributed by atoms with Crippen LogP contribution in [-0.2, 0) is 16.2 Å². The molecule has 9 heteroatoms. The number of aromatic amines is 1. The second-order valence-corrected chi connectivity index (χ2v) is 7.76. The Morgan fingerprint density at radius 1 is 1.43 bits per heavy atom. The number of halogens is 1. The van der Waals surface area contributed by atoms with E-state index in [1.807, 2.05) is 24.0 Å². The number of hydrogen-bond acceptors (Lipinski definition) is 6. The number of nitrogens with zero attached hydrogens (tertiary/aromatic N) is 5. The van der Waals surface area contributed by atoms with Gasteiger partial charge in [0.15, 0.2) is 0 Å². The minimum absolute atomic E-state index is 0.271. The molecule has 4 rings (SSSR count). The molecular weight excluding hydrogens is 469 g/mol. The molecule has 2 N–H and O–H groups in total. The van der Waals surface area contributed by atoms with E-state index in [0.29, 0.717) is 13.2 Å². The smallest absolute Gasteiger partial charge is 0.138 e. The fourth-order valence-corrected chi connectivity index (χ4v) is 4.38. The fraction of sp³-hybridized carbons (Fsp3) is 0.421. The van der Waals surface area contributed by atoms with Gasteiger partial charge in [0.2, 0.25) is 0 Å². The second kappa shape index (κ2) is 8.08. The van der Waals surface area contributed by atoms with Gasteiger partial charge < -0.3 is 15.0 Å². The highest BCUT2D eigenvalue weighted by atomic mass is 127. The molecule has 1 aliphatic rings. The first kappa shape index (κ1) is 19.2. The molecule has 0 amide bonds. The zero-order valence-electron chi connectivity index (χ0n) is 16.2. The Balaban J connectivity index is 1.89. The van der Waals surface area contributed by atoms with Gasteiger partial charge in [-0.25, -0.2) is 4.98 Å². The monoisotopic (exact) mass is 493 g/mol. The van der Waals surface area contributed by atoms with Crippen molar-refractivity contribution in [2.45, 2.75) is 24.3 Å². The van der Waals surface area contributed by atoms with Gasteiger partial charge in [-0.2, -0.15) is 10.2 Å². The van der Waals surface area contributed by atoms with Gasteiger partial charge in [0, 0.05) is 35.2 Å². The highest BCUT2D eigenvalue weighted by Crippen LogP contribution is 2.36. The van der Waals surface area contributed by atoms with Crippen LogP contribution in [0.4, 0.5) is 17.5 Å². The molecule has 0 unspecified atom stereocenters. The van der Waals surface area contributed by atoms with E-state index < -0.39 is 0 Å². The molecule has 0 aromatic carbocycles. The third-order valence-corrected chi connectivity index (χ3v) is 5.80. The molecule has 3 aromatic rings. The van der Waals surface area contributed by atoms with Crippen molar-refractivity contribution >= 4 is 40.0 Å². The molecule has 1 fully saturated rings. The minimum Gasteiger partial charge on any atom is -0.377 e. The lowest BCUT2D eigenvalue weighted by Gasteiger charge is -2.35. The SMILES string of the molecule is Cc1cnn(C)c1-c1cc(N2CCOC[C@H]2C)nc(Nc2ccn[nH]2)c1CI. The number of nitrogens with one attached hydrogen (secondary N) is 2. The molecular formula is C19H24IN7O. The van der Waals surface area contributed by atoms with Gasteiger partial charge in [0.1, 0.15) is 17.5 Å². The van der Waals surface area contributed by atoms with Crippen LogP contribution in [0.2, 0.25) is 0 Å². The van der Waals surface area contributed by atoms with Crippen LogP contribution in [0, 0.1) is 6.92 Å². The summed E-state index contributed by atoms with van der Waals surface area (Å²) < 4.78 is 8.38. The van der Waals surface area contributed by atoms with Crippen molar-refractivity contribution < 1.29 is 4.74 Å². The highest BCUT2D eigenvalue weighted by Gasteiger charge is 2.24. The predicted molar refractivity (Wildman–Crippen MR) is 118 cm³/mol. The maximum atomic E-state index is 5.62. The highest BCUT2D eigenvalue weighted by molar-refractivity contribution is 14.1. The van der Waals surface area contributed by atoms with Gasteiger partial charge in [-0.1, -0.05) is 22.6 Å². The normalized spacial score (nSPS) is 17.1. The zero-order valence-corrected chi connectivity index (χ0v) is 18.4. The Kier molecular flexibility index (Phi) is 5.54. The van der Waals surface area contributed by atoms with Crippen molar-refractivity contribution in [3.8, 4) is 11.3 Å². The molecule has 0 aliphatic carbocycles. The summed E-state index contributed by atoms with van der Waals surface area (Å²) >= 11 is 2.40. The second-order valence-electron chi connectivity index (χ2n) is 7.00. The molecule has 1 aliphatic heterocycles. The lowest BCUT2D eigenvalue weighted by atomic mass is 10.0. The van der Waals surface area contributed by atoms with Crippen molar-refractivity contribution in [3.05, 3.63) is 35.7 Å². The summed E-state index contributed by atoms with van der Waals surface area (Å²) in [4.78, 5) is 7.31. The number of anilines is 3. The number of rotatable bonds is 5. The Morgan fingerprint density at radius 3 is 2.93 bits per heavy atom. The van der Waals surface area contributed by atoms with Crippen molar-refractivity contribution in [1.29, 1.82) is 0 Å². The van der Waals surface area contributed by atoms with E-state index in [2.05, 4.69) is 68.0 Å². The maximum Gasteiger partial charge on any atom is 0.138 e. The molecule has 0 spiro atoms. The summed E-state index contributed by atoms with van der Waals surface area (Å²) in [5.41, 5.74) is 4.56. The summed E-state index contributed by atoms with van der Waals surface area (Å²) in [6, 6.07) is 4.36. The van der Waals surface area contributed by atoms with E-state index in [1.54, 1.807) is 6.20 Å². The first-order valence-electron chi connectivity index (χ1n) is 9.28. The number of aromatic nitrogens is 5. The van der Waals surface area contributed by atoms with Gasteiger partial charge in [-0.05, 0) is 25.5 Å². The van der Waals surface area contributed by atoms with E-state index in [-0.39, 0.29) is 6.04 Å². The van der Waals surface area contributed by atoms with E-state index in [4.69, 9.17) is 9.72 Å². The number of H-pyrrole nitrogens is 1. The van der Waals surface area contributed by atoms with Crippen LogP contribution in [0.5, 0.6) is 0 Å². The zero-order chi connectivity index (χ0) is 19.7. The lowest BCUT2D eigenvalue weighted by Crippen LogP contribution is -2.44. The largest absolute Gasteiger partial charge is 0.377 e. The van der Waals surface area contributed by atoms with Crippen LogP contribution in [0.15, 0.2) is 24.5 Å². The van der Waals surface area contributed by atoms with Crippen LogP contribution in [0.1, 0.15) is 18.1 Å². The fourth-order valence-electron chi connectivity index (χ4n) is 3.61. The maximum absolute atomic E-state index is 5.62. The number of aryl methyl sites for hydroxylation is 2. The molecule has 4 heterocycles. The first-order valence-corrected chi connectivity index (χ1v) is 10.8. The van der Waals surface area contributed by atoms with Crippen LogP contribution in [0.3, 0.4) is 0 Å². The summed E-state index contributed by atoms with van der Waals surface area (Å²) in [5.74, 6) is 2.60. The Morgan fingerprint density at radius 2 is 2.29 bits per heavy atom. The number of alkyl halides is 1. The van der Waals surface area contributed by atoms with E-state index in [9.17, 15) is 0 Å². The van der Waals surface area contributed by atoms with Gasteiger partial charge >= 0.3 is 0 Å². The Hall–Kier alpha value is -2.14. The average Bonchev–Trinajstić information content (AvgIpc) is 3.31. The molecule has 148 valence electrons. The molecule has 28 heavy (non-hydrogen) atoms. The molecule has 1 atom stereocenters. The molecule has 8 nitrogen and oxygen atoms in total. The van der Waals surface area contributed by atoms with E-state index in [0.717, 1.165) is 50.8 Å². The van der Waals surface area contributed by atoms with E-state index >= 15 is 0 Å². The number of morpholine rings is 1. The molecule has 0 saturated carbocycles. The van der Waals surface area contributed by atoms with Crippen molar-refractivity contribution in [2.75, 3.05) is 30.0 Å². The van der Waals surface area contributed by atoms with Crippen molar-refractivity contribution in [2.24, 2.45) is 7.05 Å².